The van der Waals surface area contributed by atoms with Crippen LogP contribution in [0.2, 0.25) is 0 Å². The topological polar surface area (TPSA) is 86.7 Å². The predicted octanol–water partition coefficient (Wildman–Crippen LogP) is 4.07. The Hall–Kier alpha value is -2.14. The summed E-state index contributed by atoms with van der Waals surface area (Å²) < 4.78 is 76.5. The van der Waals surface area contributed by atoms with Crippen LogP contribution >= 0.6 is 0 Å². The van der Waals surface area contributed by atoms with E-state index < -0.39 is 21.0 Å². The molecule has 1 radical (unpaired) electrons. The fourth-order valence-corrected chi connectivity index (χ4v) is 3.51. The third kappa shape index (κ3) is 7.20. The SMILES string of the molecule is [CH2-]c1ccccc1[C-](c1ccc(OS(=O)(=O)F)cc1)c1ccc(OS(=O)(=O)F)cc1.[Y]. The molecule has 161 valence electrons. The fourth-order valence-electron chi connectivity index (χ4n) is 2.83. The zero-order valence-corrected chi connectivity index (χ0v) is 20.2. The van der Waals surface area contributed by atoms with Crippen LogP contribution in [0.15, 0.2) is 72.8 Å². The van der Waals surface area contributed by atoms with Crippen LogP contribution in [-0.2, 0) is 53.7 Å². The molecular weight excluding hydrogens is 527 g/mol. The Labute approximate surface area is 204 Å². The summed E-state index contributed by atoms with van der Waals surface area (Å²) in [7, 11) is -10.3. The summed E-state index contributed by atoms with van der Waals surface area (Å²) >= 11 is 0. The van der Waals surface area contributed by atoms with E-state index in [-0.39, 0.29) is 44.2 Å². The van der Waals surface area contributed by atoms with Gasteiger partial charge in [0.15, 0.2) is 0 Å². The minimum absolute atomic E-state index is 0. The van der Waals surface area contributed by atoms with Crippen LogP contribution in [0.4, 0.5) is 7.77 Å². The van der Waals surface area contributed by atoms with Gasteiger partial charge in [0, 0.05) is 32.7 Å². The van der Waals surface area contributed by atoms with Crippen molar-refractivity contribution in [3.05, 3.63) is 108 Å². The van der Waals surface area contributed by atoms with Gasteiger partial charge in [-0.3, -0.25) is 0 Å². The van der Waals surface area contributed by atoms with E-state index in [1.165, 1.54) is 48.5 Å². The van der Waals surface area contributed by atoms with Crippen LogP contribution in [0, 0.1) is 12.8 Å². The van der Waals surface area contributed by atoms with Crippen molar-refractivity contribution < 1.29 is 65.7 Å². The van der Waals surface area contributed by atoms with Crippen LogP contribution in [0.25, 0.3) is 0 Å². The standard InChI is InChI=1S/C20H14F2O6S2.Y/c1-14-4-2-3-5-19(14)20(15-6-10-17(11-7-15)27-29(21,23)24)16-8-12-18(13-9-16)28-30(22,25)26;/h2-13H,1H2;/q-2;. The molecule has 0 saturated carbocycles. The summed E-state index contributed by atoms with van der Waals surface area (Å²) in [5.74, 6) is 0.241. The van der Waals surface area contributed by atoms with Crippen molar-refractivity contribution in [3.8, 4) is 11.5 Å². The zero-order valence-electron chi connectivity index (χ0n) is 15.7. The Morgan fingerprint density at radius 1 is 0.677 bits per heavy atom. The summed E-state index contributed by atoms with van der Waals surface area (Å²) in [4.78, 5) is 0. The largest absolute Gasteiger partial charge is 0.488 e. The Kier molecular flexibility index (Phi) is 8.10. The third-order valence-electron chi connectivity index (χ3n) is 3.96. The van der Waals surface area contributed by atoms with Gasteiger partial charge < -0.3 is 8.37 Å². The Morgan fingerprint density at radius 2 is 1.06 bits per heavy atom. The van der Waals surface area contributed by atoms with Crippen molar-refractivity contribution in [2.75, 3.05) is 0 Å². The predicted molar refractivity (Wildman–Crippen MR) is 106 cm³/mol. The first-order chi connectivity index (χ1) is 14.0. The van der Waals surface area contributed by atoms with Gasteiger partial charge in [-0.25, -0.2) is 12.5 Å². The number of hydrogen-bond acceptors (Lipinski definition) is 6. The van der Waals surface area contributed by atoms with Gasteiger partial charge in [0.1, 0.15) is 11.5 Å². The maximum atomic E-state index is 12.7. The van der Waals surface area contributed by atoms with Crippen molar-refractivity contribution in [3.63, 3.8) is 0 Å². The summed E-state index contributed by atoms with van der Waals surface area (Å²) in [5, 5.41) is 0. The van der Waals surface area contributed by atoms with E-state index in [0.29, 0.717) is 22.6 Å². The van der Waals surface area contributed by atoms with Crippen molar-refractivity contribution in [1.29, 1.82) is 0 Å². The molecule has 6 nitrogen and oxygen atoms in total. The number of halogens is 2. The fraction of sp³-hybridized carbons (Fsp3) is 0. The molecule has 0 heterocycles. The van der Waals surface area contributed by atoms with Crippen molar-refractivity contribution in [2.24, 2.45) is 0 Å². The van der Waals surface area contributed by atoms with E-state index in [1.807, 2.05) is 6.07 Å². The average molecular weight is 541 g/mol. The molecule has 0 unspecified atom stereocenters. The minimum Gasteiger partial charge on any atom is -0.359 e. The van der Waals surface area contributed by atoms with Gasteiger partial charge in [0.2, 0.25) is 0 Å². The van der Waals surface area contributed by atoms with Crippen LogP contribution < -0.4 is 8.37 Å². The van der Waals surface area contributed by atoms with E-state index >= 15 is 0 Å². The summed E-state index contributed by atoms with van der Waals surface area (Å²) in [6.07, 6.45) is 0. The Balaban J connectivity index is 0.00000341. The van der Waals surface area contributed by atoms with Crippen LogP contribution in [0.3, 0.4) is 0 Å². The molecule has 0 atom stereocenters. The smallest absolute Gasteiger partial charge is 0.359 e. The van der Waals surface area contributed by atoms with Gasteiger partial charge in [0.25, 0.3) is 0 Å². The molecule has 0 N–H and O–H groups in total. The van der Waals surface area contributed by atoms with Gasteiger partial charge in [0.05, 0.1) is 0 Å². The Bertz CT molecular complexity index is 1170. The second kappa shape index (κ2) is 9.99. The molecule has 0 aliphatic heterocycles. The molecule has 3 rings (SSSR count). The molecular formula is C20H14F2O6S2Y-2. The number of hydrogen-bond donors (Lipinski definition) is 0. The van der Waals surface area contributed by atoms with E-state index in [0.717, 1.165) is 5.56 Å². The van der Waals surface area contributed by atoms with Crippen LogP contribution in [0.5, 0.6) is 11.5 Å². The first-order valence-electron chi connectivity index (χ1n) is 8.29. The van der Waals surface area contributed by atoms with Crippen LogP contribution in [0.1, 0.15) is 22.3 Å². The monoisotopic (exact) mass is 541 g/mol. The molecule has 0 aliphatic carbocycles. The van der Waals surface area contributed by atoms with E-state index in [4.69, 9.17) is 0 Å². The number of rotatable bonds is 7. The molecule has 31 heavy (non-hydrogen) atoms. The van der Waals surface area contributed by atoms with Gasteiger partial charge in [-0.15, -0.1) is 29.2 Å². The average Bonchev–Trinajstić information content (AvgIpc) is 2.64. The normalized spacial score (nSPS) is 11.3. The molecule has 0 amide bonds. The number of benzene rings is 3. The molecule has 11 heteroatoms. The summed E-state index contributed by atoms with van der Waals surface area (Å²) in [6.45, 7) is 4.00. The third-order valence-corrected chi connectivity index (χ3v) is 4.75. The molecule has 0 aliphatic rings. The van der Waals surface area contributed by atoms with Crippen LogP contribution in [-0.4, -0.2) is 16.8 Å². The molecule has 0 spiro atoms. The van der Waals surface area contributed by atoms with Crippen molar-refractivity contribution in [2.45, 2.75) is 0 Å². The van der Waals surface area contributed by atoms with E-state index in [1.54, 1.807) is 18.2 Å². The second-order valence-electron chi connectivity index (χ2n) is 6.03. The van der Waals surface area contributed by atoms with Gasteiger partial charge >= 0.3 is 21.0 Å². The first-order valence-corrected chi connectivity index (χ1v) is 10.9. The van der Waals surface area contributed by atoms with Crippen molar-refractivity contribution >= 4 is 21.0 Å². The maximum Gasteiger partial charge on any atom is 0.488 e. The molecule has 0 bridgehead atoms. The van der Waals surface area contributed by atoms with E-state index in [2.05, 4.69) is 15.3 Å². The quantitative estimate of drug-likeness (QED) is 0.255. The second-order valence-corrected chi connectivity index (χ2v) is 7.94. The summed E-state index contributed by atoms with van der Waals surface area (Å²) in [5.41, 5.74) is 2.64. The Morgan fingerprint density at radius 3 is 1.42 bits per heavy atom. The zero-order chi connectivity index (χ0) is 21.9. The van der Waals surface area contributed by atoms with Crippen molar-refractivity contribution in [1.82, 2.24) is 0 Å². The van der Waals surface area contributed by atoms with Gasteiger partial charge in [-0.1, -0.05) is 32.0 Å². The molecule has 3 aromatic carbocycles. The molecule has 0 fully saturated rings. The van der Waals surface area contributed by atoms with E-state index in [9.17, 15) is 24.6 Å². The minimum atomic E-state index is -5.15. The van der Waals surface area contributed by atoms with Gasteiger partial charge in [-0.05, 0) is 24.3 Å². The summed E-state index contributed by atoms with van der Waals surface area (Å²) in [6, 6.07) is 18.4. The molecule has 0 aromatic heterocycles. The molecule has 0 saturated heterocycles. The van der Waals surface area contributed by atoms with Gasteiger partial charge in [-0.2, -0.15) is 34.5 Å². The maximum absolute atomic E-state index is 12.7. The first kappa shape index (κ1) is 25.1. The molecule has 3 aromatic rings.